The molecular formula is C27H31N3O4. The van der Waals surface area contributed by atoms with Gasteiger partial charge in [0.15, 0.2) is 11.6 Å². The highest BCUT2D eigenvalue weighted by atomic mass is 17.0. The van der Waals surface area contributed by atoms with Gasteiger partial charge in [-0.3, -0.25) is 19.3 Å². The summed E-state index contributed by atoms with van der Waals surface area (Å²) in [5.74, 6) is 0.186. The van der Waals surface area contributed by atoms with Crippen molar-refractivity contribution in [3.05, 3.63) is 71.0 Å². The average molecular weight is 462 g/mol. The van der Waals surface area contributed by atoms with E-state index in [1.807, 2.05) is 76.2 Å². The molecule has 0 aliphatic carbocycles. The molecule has 0 radical (unpaired) electrons. The second-order valence-electron chi connectivity index (χ2n) is 8.55. The van der Waals surface area contributed by atoms with E-state index in [1.54, 1.807) is 7.05 Å². The molecule has 34 heavy (non-hydrogen) atoms. The van der Waals surface area contributed by atoms with Crippen molar-refractivity contribution in [1.82, 2.24) is 15.2 Å². The summed E-state index contributed by atoms with van der Waals surface area (Å²) in [6.07, 6.45) is 0.427. The number of hydrogen-bond donors (Lipinski definition) is 2. The molecule has 178 valence electrons. The predicted octanol–water partition coefficient (Wildman–Crippen LogP) is 6.45. The van der Waals surface area contributed by atoms with Crippen LogP contribution in [-0.4, -0.2) is 33.8 Å². The summed E-state index contributed by atoms with van der Waals surface area (Å²) >= 11 is 0. The zero-order valence-corrected chi connectivity index (χ0v) is 20.3. The van der Waals surface area contributed by atoms with Gasteiger partial charge in [-0.1, -0.05) is 31.2 Å². The second-order valence-corrected chi connectivity index (χ2v) is 8.55. The van der Waals surface area contributed by atoms with Crippen LogP contribution in [0.5, 0.6) is 0 Å². The van der Waals surface area contributed by atoms with Crippen LogP contribution in [0.15, 0.2) is 48.5 Å². The van der Waals surface area contributed by atoms with E-state index in [0.29, 0.717) is 24.2 Å². The number of hydroxylamine groups is 2. The van der Waals surface area contributed by atoms with Crippen molar-refractivity contribution in [3.8, 4) is 0 Å². The largest absolute Gasteiger partial charge is 0.352 e. The summed E-state index contributed by atoms with van der Waals surface area (Å²) in [5, 5.41) is 3.33. The number of carbonyl (C=O) groups is 2. The Morgan fingerprint density at radius 1 is 0.765 bits per heavy atom. The van der Waals surface area contributed by atoms with E-state index in [-0.39, 0.29) is 23.8 Å². The minimum Gasteiger partial charge on any atom is -0.352 e. The number of hydrogen-bond acceptors (Lipinski definition) is 5. The lowest BCUT2D eigenvalue weighted by Gasteiger charge is -2.24. The fourth-order valence-corrected chi connectivity index (χ4v) is 4.08. The van der Waals surface area contributed by atoms with Gasteiger partial charge in [0.25, 0.3) is 0 Å². The molecule has 0 bridgehead atoms. The first-order chi connectivity index (χ1) is 16.3. The molecule has 0 amide bonds. The lowest BCUT2D eigenvalue weighted by Crippen LogP contribution is -2.23. The first kappa shape index (κ1) is 23.9. The molecule has 7 nitrogen and oxygen atoms in total. The molecule has 0 saturated heterocycles. The van der Waals surface area contributed by atoms with Gasteiger partial charge in [0.2, 0.25) is 0 Å². The van der Waals surface area contributed by atoms with Crippen LogP contribution in [0.25, 0.3) is 21.8 Å². The van der Waals surface area contributed by atoms with Gasteiger partial charge >= 0.3 is 0 Å². The summed E-state index contributed by atoms with van der Waals surface area (Å²) in [7, 11) is 1.73. The van der Waals surface area contributed by atoms with Crippen molar-refractivity contribution >= 4 is 33.4 Å². The number of benzene rings is 2. The summed E-state index contributed by atoms with van der Waals surface area (Å²) in [6, 6.07) is 15.7. The standard InChI is InChI=1S/C27H31N3O4/c1-6-26(31)24-14-20-12-18(8-10-22(20)28-24)16(3)33-30(5)34-17(4)19-9-11-23-21(13-19)15-25(29-23)27(32)7-2/h8-17,28-29H,6-7H2,1-5H3. The third-order valence-corrected chi connectivity index (χ3v) is 6.08. The second kappa shape index (κ2) is 9.93. The van der Waals surface area contributed by atoms with E-state index < -0.39 is 0 Å². The molecule has 4 rings (SSSR count). The molecule has 0 fully saturated rings. The molecular weight excluding hydrogens is 430 g/mol. The Balaban J connectivity index is 1.41. The van der Waals surface area contributed by atoms with Crippen LogP contribution < -0.4 is 0 Å². The number of nitrogens with zero attached hydrogens (tertiary/aromatic N) is 1. The summed E-state index contributed by atoms with van der Waals surface area (Å²) < 4.78 is 0. The Hall–Kier alpha value is -3.26. The zero-order valence-electron chi connectivity index (χ0n) is 20.3. The Bertz CT molecular complexity index is 1230. The first-order valence-corrected chi connectivity index (χ1v) is 11.7. The van der Waals surface area contributed by atoms with Crippen LogP contribution in [0.2, 0.25) is 0 Å². The lowest BCUT2D eigenvalue weighted by molar-refractivity contribution is -0.388. The van der Waals surface area contributed by atoms with Crippen molar-refractivity contribution in [1.29, 1.82) is 0 Å². The van der Waals surface area contributed by atoms with Gasteiger partial charge in [-0.25, -0.2) is 0 Å². The van der Waals surface area contributed by atoms with Crippen LogP contribution in [0.1, 0.15) is 84.8 Å². The maximum absolute atomic E-state index is 12.0. The van der Waals surface area contributed by atoms with Crippen LogP contribution in [0.4, 0.5) is 0 Å². The highest BCUT2D eigenvalue weighted by Crippen LogP contribution is 2.27. The Labute approximate surface area is 199 Å². The molecule has 2 aromatic carbocycles. The van der Waals surface area contributed by atoms with E-state index in [2.05, 4.69) is 9.97 Å². The summed E-state index contributed by atoms with van der Waals surface area (Å²) in [6.45, 7) is 7.61. The van der Waals surface area contributed by atoms with Crippen molar-refractivity contribution in [2.24, 2.45) is 0 Å². The van der Waals surface area contributed by atoms with E-state index in [9.17, 15) is 9.59 Å². The molecule has 0 spiro atoms. The highest BCUT2D eigenvalue weighted by Gasteiger charge is 2.17. The number of aromatic amines is 2. The first-order valence-electron chi connectivity index (χ1n) is 11.7. The van der Waals surface area contributed by atoms with Gasteiger partial charge in [-0.05, 0) is 61.4 Å². The highest BCUT2D eigenvalue weighted by molar-refractivity contribution is 6.00. The Morgan fingerprint density at radius 3 is 1.56 bits per heavy atom. The zero-order chi connectivity index (χ0) is 24.4. The fourth-order valence-electron chi connectivity index (χ4n) is 4.08. The minimum absolute atomic E-state index is 0.0928. The van der Waals surface area contributed by atoms with E-state index >= 15 is 0 Å². The third-order valence-electron chi connectivity index (χ3n) is 6.08. The predicted molar refractivity (Wildman–Crippen MR) is 133 cm³/mol. The Kier molecular flexibility index (Phi) is 6.97. The van der Waals surface area contributed by atoms with E-state index in [4.69, 9.17) is 9.68 Å². The number of fused-ring (bicyclic) bond motifs is 2. The molecule has 2 aromatic heterocycles. The molecule has 2 atom stereocenters. The smallest absolute Gasteiger partial charge is 0.178 e. The van der Waals surface area contributed by atoms with Gasteiger partial charge < -0.3 is 9.97 Å². The van der Waals surface area contributed by atoms with Gasteiger partial charge in [0, 0.05) is 41.7 Å². The SMILES string of the molecule is CCC(=O)c1cc2cc(C(C)ON(C)OC(C)c3ccc4[nH]c(C(=O)CC)cc4c3)ccc2[nH]1. The number of carbonyl (C=O) groups excluding carboxylic acids is 2. The molecule has 4 aromatic rings. The minimum atomic E-state index is -0.253. The number of Topliss-reactive ketones (excluding diaryl/α,β-unsaturated/α-hetero) is 2. The third kappa shape index (κ3) is 4.97. The molecule has 2 heterocycles. The summed E-state index contributed by atoms with van der Waals surface area (Å²) in [5.41, 5.74) is 5.06. The molecule has 0 aliphatic heterocycles. The number of aromatic nitrogens is 2. The van der Waals surface area contributed by atoms with E-state index in [1.165, 1.54) is 5.23 Å². The van der Waals surface area contributed by atoms with Gasteiger partial charge in [-0.15, -0.1) is 0 Å². The van der Waals surface area contributed by atoms with Crippen LogP contribution >= 0.6 is 0 Å². The van der Waals surface area contributed by atoms with Crippen LogP contribution in [0, 0.1) is 0 Å². The van der Waals surface area contributed by atoms with Crippen molar-refractivity contribution < 1.29 is 19.3 Å². The Morgan fingerprint density at radius 2 is 1.18 bits per heavy atom. The van der Waals surface area contributed by atoms with E-state index in [0.717, 1.165) is 32.9 Å². The number of nitrogens with one attached hydrogen (secondary N) is 2. The maximum Gasteiger partial charge on any atom is 0.178 e. The molecule has 2 unspecified atom stereocenters. The monoisotopic (exact) mass is 461 g/mol. The summed E-state index contributed by atoms with van der Waals surface area (Å²) in [4.78, 5) is 42.3. The quantitative estimate of drug-likeness (QED) is 0.209. The average Bonchev–Trinajstić information content (AvgIpc) is 3.45. The lowest BCUT2D eigenvalue weighted by atomic mass is 10.1. The maximum atomic E-state index is 12.0. The number of rotatable bonds is 10. The number of H-pyrrole nitrogens is 2. The molecule has 0 saturated carbocycles. The molecule has 7 heteroatoms. The number of ketones is 2. The van der Waals surface area contributed by atoms with Gasteiger partial charge in [0.1, 0.15) is 12.2 Å². The van der Waals surface area contributed by atoms with Gasteiger partial charge in [0.05, 0.1) is 11.4 Å². The fraction of sp³-hybridized carbons (Fsp3) is 0.333. The molecule has 0 aliphatic rings. The molecule has 2 N–H and O–H groups in total. The normalized spacial score (nSPS) is 13.6. The van der Waals surface area contributed by atoms with Gasteiger partial charge in [-0.2, -0.15) is 0 Å². The topological polar surface area (TPSA) is 87.4 Å². The van der Waals surface area contributed by atoms with Crippen molar-refractivity contribution in [3.63, 3.8) is 0 Å². The van der Waals surface area contributed by atoms with Crippen LogP contribution in [0.3, 0.4) is 0 Å². The van der Waals surface area contributed by atoms with Crippen molar-refractivity contribution in [2.75, 3.05) is 7.05 Å². The van der Waals surface area contributed by atoms with Crippen LogP contribution in [-0.2, 0) is 9.68 Å². The van der Waals surface area contributed by atoms with Crippen molar-refractivity contribution in [2.45, 2.75) is 52.7 Å².